The molecule has 96 valence electrons. The number of fused-ring (bicyclic) bond motifs is 1. The van der Waals surface area contributed by atoms with Gasteiger partial charge in [0, 0.05) is 5.41 Å². The Morgan fingerprint density at radius 3 is 2.83 bits per heavy atom. The predicted molar refractivity (Wildman–Crippen MR) is 72.8 cm³/mol. The van der Waals surface area contributed by atoms with Gasteiger partial charge in [-0.25, -0.2) is 4.98 Å². The fourth-order valence-corrected chi connectivity index (χ4v) is 2.64. The molecule has 3 nitrogen and oxygen atoms in total. The van der Waals surface area contributed by atoms with Crippen molar-refractivity contribution < 1.29 is 4.42 Å². The van der Waals surface area contributed by atoms with Gasteiger partial charge in [-0.05, 0) is 50.0 Å². The van der Waals surface area contributed by atoms with E-state index in [0.717, 1.165) is 49.3 Å². The van der Waals surface area contributed by atoms with E-state index in [4.69, 9.17) is 9.40 Å². The van der Waals surface area contributed by atoms with Crippen LogP contribution >= 0.6 is 0 Å². The Labute approximate surface area is 108 Å². The van der Waals surface area contributed by atoms with Crippen molar-refractivity contribution in [3.63, 3.8) is 0 Å². The van der Waals surface area contributed by atoms with E-state index >= 15 is 0 Å². The minimum Gasteiger partial charge on any atom is -0.440 e. The zero-order valence-corrected chi connectivity index (χ0v) is 11.1. The fraction of sp³-hybridized carbons (Fsp3) is 0.533. The van der Waals surface area contributed by atoms with Gasteiger partial charge in [0.05, 0.1) is 0 Å². The average Bonchev–Trinajstić information content (AvgIpc) is 2.83. The molecule has 18 heavy (non-hydrogen) atoms. The first-order valence-electron chi connectivity index (χ1n) is 6.82. The monoisotopic (exact) mass is 244 g/mol. The highest BCUT2D eigenvalue weighted by atomic mass is 16.3. The normalized spacial score (nSPS) is 19.2. The van der Waals surface area contributed by atoms with Gasteiger partial charge >= 0.3 is 0 Å². The highest BCUT2D eigenvalue weighted by Gasteiger charge is 2.33. The number of oxazole rings is 1. The number of aryl methyl sites for hydroxylation is 1. The molecule has 1 aliphatic heterocycles. The molecule has 1 N–H and O–H groups in total. The molecule has 0 radical (unpaired) electrons. The summed E-state index contributed by atoms with van der Waals surface area (Å²) in [5, 5.41) is 3.39. The Balaban J connectivity index is 2.02. The van der Waals surface area contributed by atoms with Gasteiger partial charge in [0.2, 0.25) is 5.89 Å². The number of hydrogen-bond acceptors (Lipinski definition) is 3. The lowest BCUT2D eigenvalue weighted by Crippen LogP contribution is -2.37. The maximum atomic E-state index is 5.97. The van der Waals surface area contributed by atoms with Crippen LogP contribution in [0.15, 0.2) is 22.6 Å². The van der Waals surface area contributed by atoms with E-state index < -0.39 is 0 Å². The zero-order chi connectivity index (χ0) is 12.6. The van der Waals surface area contributed by atoms with E-state index in [1.54, 1.807) is 0 Å². The van der Waals surface area contributed by atoms with Crippen LogP contribution in [0, 0.1) is 0 Å². The molecule has 0 aliphatic carbocycles. The summed E-state index contributed by atoms with van der Waals surface area (Å²) in [6, 6.07) is 6.32. The fourth-order valence-electron chi connectivity index (χ4n) is 2.64. The topological polar surface area (TPSA) is 38.1 Å². The van der Waals surface area contributed by atoms with Gasteiger partial charge in [-0.1, -0.05) is 19.9 Å². The van der Waals surface area contributed by atoms with E-state index in [9.17, 15) is 0 Å². The predicted octanol–water partition coefficient (Wildman–Crippen LogP) is 3.03. The molecule has 2 aromatic rings. The van der Waals surface area contributed by atoms with E-state index in [0.29, 0.717) is 0 Å². The van der Waals surface area contributed by atoms with Crippen molar-refractivity contribution >= 4 is 11.1 Å². The Morgan fingerprint density at radius 2 is 2.11 bits per heavy atom. The summed E-state index contributed by atoms with van der Waals surface area (Å²) in [4.78, 5) is 4.72. The maximum Gasteiger partial charge on any atom is 0.201 e. The van der Waals surface area contributed by atoms with Crippen LogP contribution in [0.5, 0.6) is 0 Å². The Bertz CT molecular complexity index is 553. The Kier molecular flexibility index (Phi) is 2.86. The quantitative estimate of drug-likeness (QED) is 0.882. The molecule has 1 fully saturated rings. The van der Waals surface area contributed by atoms with Crippen LogP contribution in [0.1, 0.15) is 38.1 Å². The van der Waals surface area contributed by atoms with Crippen LogP contribution < -0.4 is 5.32 Å². The van der Waals surface area contributed by atoms with Gasteiger partial charge in [-0.2, -0.15) is 0 Å². The molecule has 1 aromatic heterocycles. The second kappa shape index (κ2) is 4.39. The van der Waals surface area contributed by atoms with Crippen LogP contribution in [-0.4, -0.2) is 18.1 Å². The van der Waals surface area contributed by atoms with Crippen molar-refractivity contribution in [2.75, 3.05) is 13.1 Å². The average molecular weight is 244 g/mol. The van der Waals surface area contributed by atoms with Crippen molar-refractivity contribution in [1.82, 2.24) is 10.3 Å². The minimum absolute atomic E-state index is 0.0939. The third-order valence-corrected chi connectivity index (χ3v) is 4.08. The third kappa shape index (κ3) is 1.93. The number of nitrogens with one attached hydrogen (secondary N) is 1. The molecule has 0 bridgehead atoms. The molecule has 3 rings (SSSR count). The van der Waals surface area contributed by atoms with Crippen LogP contribution in [0.3, 0.4) is 0 Å². The zero-order valence-electron chi connectivity index (χ0n) is 11.1. The first-order valence-corrected chi connectivity index (χ1v) is 6.82. The molecule has 0 spiro atoms. The SMILES string of the molecule is CCc1ccc2oc(C3(C)CCNCC3)nc2c1. The van der Waals surface area contributed by atoms with Gasteiger partial charge in [0.25, 0.3) is 0 Å². The van der Waals surface area contributed by atoms with E-state index in [1.807, 2.05) is 0 Å². The van der Waals surface area contributed by atoms with Crippen molar-refractivity contribution in [3.8, 4) is 0 Å². The van der Waals surface area contributed by atoms with Crippen molar-refractivity contribution in [3.05, 3.63) is 29.7 Å². The van der Waals surface area contributed by atoms with Crippen molar-refractivity contribution in [2.45, 2.75) is 38.5 Å². The summed E-state index contributed by atoms with van der Waals surface area (Å²) < 4.78 is 5.97. The standard InChI is InChI=1S/C15H20N2O/c1-3-11-4-5-13-12(10-11)17-14(18-13)15(2)6-8-16-9-7-15/h4-5,10,16H,3,6-9H2,1-2H3. The van der Waals surface area contributed by atoms with E-state index in [-0.39, 0.29) is 5.41 Å². The Morgan fingerprint density at radius 1 is 1.33 bits per heavy atom. The number of aromatic nitrogens is 1. The molecule has 1 saturated heterocycles. The van der Waals surface area contributed by atoms with Crippen LogP contribution in [0.2, 0.25) is 0 Å². The molecular formula is C15H20N2O. The summed E-state index contributed by atoms with van der Waals surface area (Å²) in [5.74, 6) is 0.909. The number of piperidine rings is 1. The largest absolute Gasteiger partial charge is 0.440 e. The lowest BCUT2D eigenvalue weighted by atomic mass is 9.81. The molecule has 1 aliphatic rings. The lowest BCUT2D eigenvalue weighted by molar-refractivity contribution is 0.275. The summed E-state index contributed by atoms with van der Waals surface area (Å²) >= 11 is 0. The molecular weight excluding hydrogens is 224 g/mol. The number of nitrogens with zero attached hydrogens (tertiary/aromatic N) is 1. The summed E-state index contributed by atoms with van der Waals surface area (Å²) in [7, 11) is 0. The summed E-state index contributed by atoms with van der Waals surface area (Å²) in [6.07, 6.45) is 3.24. The van der Waals surface area contributed by atoms with Gasteiger partial charge in [0.1, 0.15) is 5.52 Å². The van der Waals surface area contributed by atoms with Crippen LogP contribution in [0.4, 0.5) is 0 Å². The molecule has 0 saturated carbocycles. The molecule has 3 heteroatoms. The highest BCUT2D eigenvalue weighted by Crippen LogP contribution is 2.34. The summed E-state index contributed by atoms with van der Waals surface area (Å²) in [6.45, 7) is 6.53. The van der Waals surface area contributed by atoms with Crippen LogP contribution in [-0.2, 0) is 11.8 Å². The van der Waals surface area contributed by atoms with Crippen molar-refractivity contribution in [2.24, 2.45) is 0 Å². The molecule has 0 atom stereocenters. The van der Waals surface area contributed by atoms with Gasteiger partial charge in [-0.15, -0.1) is 0 Å². The first-order chi connectivity index (χ1) is 8.71. The number of benzene rings is 1. The van der Waals surface area contributed by atoms with E-state index in [1.165, 1.54) is 5.56 Å². The molecule has 0 unspecified atom stereocenters. The molecule has 1 aromatic carbocycles. The van der Waals surface area contributed by atoms with Gasteiger partial charge < -0.3 is 9.73 Å². The van der Waals surface area contributed by atoms with Gasteiger partial charge in [-0.3, -0.25) is 0 Å². The maximum absolute atomic E-state index is 5.97. The minimum atomic E-state index is 0.0939. The smallest absolute Gasteiger partial charge is 0.201 e. The molecule has 0 amide bonds. The first kappa shape index (κ1) is 11.7. The van der Waals surface area contributed by atoms with E-state index in [2.05, 4.69) is 37.4 Å². The van der Waals surface area contributed by atoms with Gasteiger partial charge in [0.15, 0.2) is 5.58 Å². The van der Waals surface area contributed by atoms with Crippen LogP contribution in [0.25, 0.3) is 11.1 Å². The molecule has 2 heterocycles. The second-order valence-corrected chi connectivity index (χ2v) is 5.49. The highest BCUT2D eigenvalue weighted by molar-refractivity contribution is 5.73. The Hall–Kier alpha value is -1.35. The lowest BCUT2D eigenvalue weighted by Gasteiger charge is -2.30. The number of hydrogen-bond donors (Lipinski definition) is 1. The third-order valence-electron chi connectivity index (χ3n) is 4.08. The number of rotatable bonds is 2. The summed E-state index contributed by atoms with van der Waals surface area (Å²) in [5.41, 5.74) is 3.33. The van der Waals surface area contributed by atoms with Crippen molar-refractivity contribution in [1.29, 1.82) is 0 Å². The second-order valence-electron chi connectivity index (χ2n) is 5.49.